The molecule has 136 valence electrons. The summed E-state index contributed by atoms with van der Waals surface area (Å²) in [7, 11) is 0. The number of phenolic OH excluding ortho intramolecular Hbond substituents is 1. The smallest absolute Gasteiger partial charge is 0.225 e. The summed E-state index contributed by atoms with van der Waals surface area (Å²) >= 11 is 0. The Hall–Kier alpha value is -3.02. The van der Waals surface area contributed by atoms with Crippen LogP contribution in [-0.4, -0.2) is 30.1 Å². The van der Waals surface area contributed by atoms with Crippen LogP contribution < -0.4 is 16.0 Å². The van der Waals surface area contributed by atoms with Crippen molar-refractivity contribution in [2.75, 3.05) is 18.4 Å². The summed E-state index contributed by atoms with van der Waals surface area (Å²) in [6.45, 7) is 3.91. The maximum absolute atomic E-state index is 11.9. The fourth-order valence-corrected chi connectivity index (χ4v) is 3.02. The summed E-state index contributed by atoms with van der Waals surface area (Å²) in [5.41, 5.74) is 3.05. The highest BCUT2D eigenvalue weighted by atomic mass is 16.3. The molecular weight excluding hydrogens is 328 g/mol. The van der Waals surface area contributed by atoms with E-state index in [4.69, 9.17) is 0 Å². The van der Waals surface area contributed by atoms with Gasteiger partial charge in [-0.3, -0.25) is 4.79 Å². The highest BCUT2D eigenvalue weighted by Gasteiger charge is 2.24. The molecule has 0 saturated carbocycles. The number of carbonyl (C=O) groups is 1. The molecule has 1 amide bonds. The van der Waals surface area contributed by atoms with E-state index in [0.29, 0.717) is 25.5 Å². The molecule has 4 N–H and O–H groups in total. The normalized spacial score (nSPS) is 16.6. The molecule has 2 aromatic carbocycles. The maximum Gasteiger partial charge on any atom is 0.225 e. The summed E-state index contributed by atoms with van der Waals surface area (Å²) in [5, 5.41) is 18.8. The van der Waals surface area contributed by atoms with Crippen molar-refractivity contribution >= 4 is 17.6 Å². The number of carbonyl (C=O) groups excluding carboxylic acids is 1. The van der Waals surface area contributed by atoms with Crippen molar-refractivity contribution in [2.45, 2.75) is 25.8 Å². The van der Waals surface area contributed by atoms with Gasteiger partial charge in [-0.05, 0) is 36.2 Å². The summed E-state index contributed by atoms with van der Waals surface area (Å²) in [4.78, 5) is 16.5. The molecule has 0 aliphatic carbocycles. The summed E-state index contributed by atoms with van der Waals surface area (Å²) in [5.74, 6) is 1.11. The van der Waals surface area contributed by atoms with E-state index < -0.39 is 0 Å². The number of aromatic hydroxyl groups is 1. The van der Waals surface area contributed by atoms with E-state index >= 15 is 0 Å². The van der Waals surface area contributed by atoms with E-state index in [-0.39, 0.29) is 17.6 Å². The van der Waals surface area contributed by atoms with Crippen LogP contribution in [0.3, 0.4) is 0 Å². The third-order valence-corrected chi connectivity index (χ3v) is 4.32. The van der Waals surface area contributed by atoms with Gasteiger partial charge < -0.3 is 21.1 Å². The molecule has 0 radical (unpaired) electrons. The second-order valence-electron chi connectivity index (χ2n) is 6.28. The van der Waals surface area contributed by atoms with E-state index in [2.05, 4.69) is 27.0 Å². The first-order valence-corrected chi connectivity index (χ1v) is 8.84. The molecule has 0 bridgehead atoms. The van der Waals surface area contributed by atoms with Crippen molar-refractivity contribution < 1.29 is 9.90 Å². The first-order chi connectivity index (χ1) is 12.7. The van der Waals surface area contributed by atoms with Crippen molar-refractivity contribution in [3.05, 3.63) is 59.7 Å². The van der Waals surface area contributed by atoms with E-state index in [9.17, 15) is 9.90 Å². The number of amides is 1. The Bertz CT molecular complexity index is 787. The van der Waals surface area contributed by atoms with Gasteiger partial charge in [-0.2, -0.15) is 0 Å². The quantitative estimate of drug-likeness (QED) is 0.492. The number of nitrogens with zero attached hydrogens (tertiary/aromatic N) is 1. The molecule has 6 heteroatoms. The number of fused-ring (bicyclic) bond motifs is 1. The molecule has 0 aromatic heterocycles. The molecule has 3 rings (SSSR count). The van der Waals surface area contributed by atoms with Crippen molar-refractivity contribution in [2.24, 2.45) is 4.99 Å². The molecule has 0 saturated heterocycles. The predicted molar refractivity (Wildman–Crippen MR) is 103 cm³/mol. The molecule has 0 fully saturated rings. The summed E-state index contributed by atoms with van der Waals surface area (Å²) < 4.78 is 0. The van der Waals surface area contributed by atoms with Gasteiger partial charge in [0.2, 0.25) is 5.91 Å². The Morgan fingerprint density at radius 1 is 1.19 bits per heavy atom. The number of hydrogen-bond donors (Lipinski definition) is 4. The van der Waals surface area contributed by atoms with Crippen LogP contribution in [0.5, 0.6) is 5.75 Å². The summed E-state index contributed by atoms with van der Waals surface area (Å²) in [6.07, 6.45) is 0.460. The number of nitrogens with one attached hydrogen (secondary N) is 3. The second kappa shape index (κ2) is 8.38. The van der Waals surface area contributed by atoms with Crippen LogP contribution in [0, 0.1) is 0 Å². The predicted octanol–water partition coefficient (Wildman–Crippen LogP) is 2.57. The first kappa shape index (κ1) is 17.8. The van der Waals surface area contributed by atoms with Gasteiger partial charge in [0.25, 0.3) is 0 Å². The van der Waals surface area contributed by atoms with Crippen molar-refractivity contribution in [3.8, 4) is 5.75 Å². The minimum Gasteiger partial charge on any atom is -0.508 e. The van der Waals surface area contributed by atoms with Crippen LogP contribution in [0.1, 0.15) is 30.4 Å². The summed E-state index contributed by atoms with van der Waals surface area (Å²) in [6, 6.07) is 14.9. The van der Waals surface area contributed by atoms with Gasteiger partial charge in [0.1, 0.15) is 5.75 Å². The number of hydrogen-bond acceptors (Lipinski definition) is 3. The molecule has 26 heavy (non-hydrogen) atoms. The highest BCUT2D eigenvalue weighted by Crippen LogP contribution is 2.31. The molecule has 2 aromatic rings. The van der Waals surface area contributed by atoms with Gasteiger partial charge in [0.15, 0.2) is 5.96 Å². The lowest BCUT2D eigenvalue weighted by Crippen LogP contribution is -2.40. The van der Waals surface area contributed by atoms with Gasteiger partial charge in [0, 0.05) is 31.1 Å². The molecule has 1 aliphatic heterocycles. The molecule has 1 unspecified atom stereocenters. The minimum atomic E-state index is 0.0431. The number of para-hydroxylation sites is 1. The van der Waals surface area contributed by atoms with Gasteiger partial charge >= 0.3 is 0 Å². The van der Waals surface area contributed by atoms with Crippen molar-refractivity contribution in [1.82, 2.24) is 10.6 Å². The van der Waals surface area contributed by atoms with Gasteiger partial charge in [0.05, 0.1) is 6.54 Å². The van der Waals surface area contributed by atoms with Gasteiger partial charge in [-0.1, -0.05) is 30.3 Å². The lowest BCUT2D eigenvalue weighted by atomic mass is 9.90. The van der Waals surface area contributed by atoms with Crippen LogP contribution in [-0.2, 0) is 11.3 Å². The Morgan fingerprint density at radius 2 is 1.96 bits per heavy atom. The third kappa shape index (κ3) is 4.53. The molecule has 1 aliphatic rings. The highest BCUT2D eigenvalue weighted by molar-refractivity contribution is 5.94. The third-order valence-electron chi connectivity index (χ3n) is 4.32. The number of benzene rings is 2. The van der Waals surface area contributed by atoms with E-state index in [1.165, 1.54) is 0 Å². The number of rotatable bonds is 5. The van der Waals surface area contributed by atoms with Crippen LogP contribution in [0.25, 0.3) is 0 Å². The van der Waals surface area contributed by atoms with Crippen LogP contribution in [0.2, 0.25) is 0 Å². The number of anilines is 1. The zero-order valence-electron chi connectivity index (χ0n) is 14.8. The van der Waals surface area contributed by atoms with E-state index in [0.717, 1.165) is 23.4 Å². The number of phenols is 1. The fraction of sp³-hybridized carbons (Fsp3) is 0.300. The number of guanidine groups is 1. The largest absolute Gasteiger partial charge is 0.508 e. The van der Waals surface area contributed by atoms with E-state index in [1.54, 1.807) is 12.1 Å². The topological polar surface area (TPSA) is 85.8 Å². The first-order valence-electron chi connectivity index (χ1n) is 8.84. The molecule has 6 nitrogen and oxygen atoms in total. The Morgan fingerprint density at radius 3 is 2.73 bits per heavy atom. The fourth-order valence-electron chi connectivity index (χ4n) is 3.02. The Kier molecular flexibility index (Phi) is 5.73. The number of aliphatic imine (C=N–C) groups is 1. The lowest BCUT2D eigenvalue weighted by molar-refractivity contribution is -0.116. The minimum absolute atomic E-state index is 0.0431. The average molecular weight is 352 g/mol. The zero-order chi connectivity index (χ0) is 18.4. The standard InChI is InChI=1S/C20H24N4O2/c1-2-21-20(22-12-14-7-9-16(25)10-8-14)23-13-15-11-19(26)24-18-6-4-3-5-17(15)18/h3-10,15,25H,2,11-13H2,1H3,(H,24,26)(H2,21,22,23). The van der Waals surface area contributed by atoms with Crippen molar-refractivity contribution in [1.29, 1.82) is 0 Å². The van der Waals surface area contributed by atoms with Crippen LogP contribution in [0.15, 0.2) is 53.5 Å². The maximum atomic E-state index is 11.9. The van der Waals surface area contributed by atoms with Crippen LogP contribution >= 0.6 is 0 Å². The zero-order valence-corrected chi connectivity index (χ0v) is 14.8. The van der Waals surface area contributed by atoms with E-state index in [1.807, 2.05) is 37.3 Å². The Labute approximate surface area is 153 Å². The molecule has 0 spiro atoms. The monoisotopic (exact) mass is 352 g/mol. The van der Waals surface area contributed by atoms with Gasteiger partial charge in [-0.15, -0.1) is 0 Å². The second-order valence-corrected chi connectivity index (χ2v) is 6.28. The SMILES string of the molecule is CCNC(=NCc1ccc(O)cc1)NCC1CC(=O)Nc2ccccc21. The van der Waals surface area contributed by atoms with Crippen molar-refractivity contribution in [3.63, 3.8) is 0 Å². The molecular formula is C20H24N4O2. The lowest BCUT2D eigenvalue weighted by Gasteiger charge is -2.26. The van der Waals surface area contributed by atoms with Crippen LogP contribution in [0.4, 0.5) is 5.69 Å². The van der Waals surface area contributed by atoms with Gasteiger partial charge in [-0.25, -0.2) is 4.99 Å². The molecule has 1 heterocycles. The molecule has 1 atom stereocenters. The Balaban J connectivity index is 1.66. The average Bonchev–Trinajstić information content (AvgIpc) is 2.65.